The SMILES string of the molecule is O=C(Nc1ccccc1F)c1cnc(-c2ccc(F)cc2)nc1-c1ccncc1. The Hall–Kier alpha value is -4.00. The van der Waals surface area contributed by atoms with Gasteiger partial charge in [0.2, 0.25) is 0 Å². The molecule has 0 aliphatic carbocycles. The summed E-state index contributed by atoms with van der Waals surface area (Å²) >= 11 is 0. The zero-order chi connectivity index (χ0) is 20.2. The van der Waals surface area contributed by atoms with Crippen molar-refractivity contribution in [1.82, 2.24) is 15.0 Å². The molecule has 2 aromatic heterocycles. The molecule has 0 unspecified atom stereocenters. The molecule has 0 bridgehead atoms. The van der Waals surface area contributed by atoms with Gasteiger partial charge in [0.05, 0.1) is 16.9 Å². The Labute approximate surface area is 165 Å². The number of rotatable bonds is 4. The van der Waals surface area contributed by atoms with E-state index in [-0.39, 0.29) is 17.1 Å². The van der Waals surface area contributed by atoms with Crippen molar-refractivity contribution in [3.63, 3.8) is 0 Å². The minimum absolute atomic E-state index is 0.0563. The Morgan fingerprint density at radius 3 is 2.31 bits per heavy atom. The topological polar surface area (TPSA) is 67.8 Å². The standard InChI is InChI=1S/C22H14F2N4O/c23-16-7-5-15(6-8-16)21-26-13-17(20(28-21)14-9-11-25-12-10-14)22(29)27-19-4-2-1-3-18(19)24/h1-13H,(H,27,29). The van der Waals surface area contributed by atoms with Gasteiger partial charge < -0.3 is 5.32 Å². The number of anilines is 1. The van der Waals surface area contributed by atoms with Crippen molar-refractivity contribution in [2.75, 3.05) is 5.32 Å². The lowest BCUT2D eigenvalue weighted by molar-refractivity contribution is 0.102. The number of hydrogen-bond acceptors (Lipinski definition) is 4. The molecule has 0 aliphatic heterocycles. The van der Waals surface area contributed by atoms with Crippen molar-refractivity contribution in [3.05, 3.63) is 96.5 Å². The molecule has 1 amide bonds. The molecule has 1 N–H and O–H groups in total. The van der Waals surface area contributed by atoms with E-state index in [4.69, 9.17) is 0 Å². The smallest absolute Gasteiger partial charge is 0.259 e. The first-order chi connectivity index (χ1) is 14.1. The van der Waals surface area contributed by atoms with E-state index >= 15 is 0 Å². The molecular formula is C22H14F2N4O. The first-order valence-corrected chi connectivity index (χ1v) is 8.71. The molecule has 29 heavy (non-hydrogen) atoms. The van der Waals surface area contributed by atoms with E-state index in [1.54, 1.807) is 42.7 Å². The molecule has 5 nitrogen and oxygen atoms in total. The summed E-state index contributed by atoms with van der Waals surface area (Å²) in [5.74, 6) is -1.13. The van der Waals surface area contributed by atoms with Gasteiger partial charge in [-0.2, -0.15) is 0 Å². The van der Waals surface area contributed by atoms with Crippen LogP contribution in [0.15, 0.2) is 79.3 Å². The van der Waals surface area contributed by atoms with Crippen LogP contribution in [0.25, 0.3) is 22.6 Å². The van der Waals surface area contributed by atoms with E-state index in [0.29, 0.717) is 22.6 Å². The van der Waals surface area contributed by atoms with Crippen molar-refractivity contribution in [3.8, 4) is 22.6 Å². The monoisotopic (exact) mass is 388 g/mol. The fraction of sp³-hybridized carbons (Fsp3) is 0. The number of hydrogen-bond donors (Lipinski definition) is 1. The highest BCUT2D eigenvalue weighted by molar-refractivity contribution is 6.08. The summed E-state index contributed by atoms with van der Waals surface area (Å²) < 4.78 is 27.1. The lowest BCUT2D eigenvalue weighted by atomic mass is 10.1. The molecule has 0 atom stereocenters. The number of nitrogens with one attached hydrogen (secondary N) is 1. The van der Waals surface area contributed by atoms with Crippen molar-refractivity contribution < 1.29 is 13.6 Å². The lowest BCUT2D eigenvalue weighted by Crippen LogP contribution is -2.15. The van der Waals surface area contributed by atoms with Crippen LogP contribution in [-0.2, 0) is 0 Å². The number of pyridine rings is 1. The minimum atomic E-state index is -0.549. The Morgan fingerprint density at radius 2 is 1.59 bits per heavy atom. The molecule has 0 aliphatic rings. The zero-order valence-electron chi connectivity index (χ0n) is 15.0. The van der Waals surface area contributed by atoms with Gasteiger partial charge in [-0.3, -0.25) is 9.78 Å². The number of aromatic nitrogens is 3. The second-order valence-corrected chi connectivity index (χ2v) is 6.13. The second-order valence-electron chi connectivity index (χ2n) is 6.13. The number of amides is 1. The van der Waals surface area contributed by atoms with Crippen LogP contribution in [0.1, 0.15) is 10.4 Å². The zero-order valence-corrected chi connectivity index (χ0v) is 15.0. The normalized spacial score (nSPS) is 10.6. The van der Waals surface area contributed by atoms with E-state index in [1.807, 2.05) is 0 Å². The molecule has 0 saturated carbocycles. The van der Waals surface area contributed by atoms with Crippen LogP contribution in [0.2, 0.25) is 0 Å². The van der Waals surface area contributed by atoms with E-state index in [0.717, 1.165) is 0 Å². The molecule has 7 heteroatoms. The highest BCUT2D eigenvalue weighted by Gasteiger charge is 2.18. The maximum absolute atomic E-state index is 13.9. The average molecular weight is 388 g/mol. The van der Waals surface area contributed by atoms with Crippen molar-refractivity contribution in [2.45, 2.75) is 0 Å². The van der Waals surface area contributed by atoms with Crippen molar-refractivity contribution in [1.29, 1.82) is 0 Å². The predicted octanol–water partition coefficient (Wildman–Crippen LogP) is 4.74. The largest absolute Gasteiger partial charge is 0.319 e. The highest BCUT2D eigenvalue weighted by atomic mass is 19.1. The Kier molecular flexibility index (Phi) is 5.03. The van der Waals surface area contributed by atoms with Crippen LogP contribution in [0.5, 0.6) is 0 Å². The van der Waals surface area contributed by atoms with Crippen molar-refractivity contribution in [2.24, 2.45) is 0 Å². The Bertz CT molecular complexity index is 1170. The molecule has 0 spiro atoms. The van der Waals surface area contributed by atoms with Crippen molar-refractivity contribution >= 4 is 11.6 Å². The summed E-state index contributed by atoms with van der Waals surface area (Å²) in [6.07, 6.45) is 4.53. The van der Waals surface area contributed by atoms with E-state index in [2.05, 4.69) is 20.3 Å². The van der Waals surface area contributed by atoms with E-state index in [1.165, 1.54) is 36.5 Å². The fourth-order valence-electron chi connectivity index (χ4n) is 2.77. The molecule has 0 radical (unpaired) electrons. The maximum atomic E-state index is 13.9. The number of benzene rings is 2. The first kappa shape index (κ1) is 18.4. The first-order valence-electron chi connectivity index (χ1n) is 8.71. The van der Waals surface area contributed by atoms with Gasteiger partial charge in [-0.25, -0.2) is 18.7 Å². The van der Waals surface area contributed by atoms with Gasteiger partial charge in [0.25, 0.3) is 5.91 Å². The van der Waals surface area contributed by atoms with E-state index < -0.39 is 11.7 Å². The van der Waals surface area contributed by atoms with Gasteiger partial charge in [-0.15, -0.1) is 0 Å². The van der Waals surface area contributed by atoms with Crippen LogP contribution in [0.4, 0.5) is 14.5 Å². The third-order valence-corrected chi connectivity index (χ3v) is 4.21. The number of halogens is 2. The number of carbonyl (C=O) groups excluding carboxylic acids is 1. The summed E-state index contributed by atoms with van der Waals surface area (Å²) in [5.41, 5.74) is 1.83. The number of carbonyl (C=O) groups is 1. The van der Waals surface area contributed by atoms with Gasteiger partial charge in [0.1, 0.15) is 11.6 Å². The Morgan fingerprint density at radius 1 is 0.862 bits per heavy atom. The van der Waals surface area contributed by atoms with Crippen LogP contribution in [-0.4, -0.2) is 20.9 Å². The Balaban J connectivity index is 1.78. The van der Waals surface area contributed by atoms with Gasteiger partial charge >= 0.3 is 0 Å². The summed E-state index contributed by atoms with van der Waals surface area (Å²) in [6, 6.07) is 15.0. The highest BCUT2D eigenvalue weighted by Crippen LogP contribution is 2.25. The summed E-state index contributed by atoms with van der Waals surface area (Å²) in [6.45, 7) is 0. The minimum Gasteiger partial charge on any atom is -0.319 e. The lowest BCUT2D eigenvalue weighted by Gasteiger charge is -2.11. The maximum Gasteiger partial charge on any atom is 0.259 e. The summed E-state index contributed by atoms with van der Waals surface area (Å²) in [4.78, 5) is 25.6. The third kappa shape index (κ3) is 3.98. The second kappa shape index (κ2) is 7.93. The average Bonchev–Trinajstić information content (AvgIpc) is 2.76. The van der Waals surface area contributed by atoms with Gasteiger partial charge in [-0.05, 0) is 48.5 Å². The predicted molar refractivity (Wildman–Crippen MR) is 105 cm³/mol. The molecule has 4 aromatic rings. The third-order valence-electron chi connectivity index (χ3n) is 4.21. The molecule has 0 fully saturated rings. The fourth-order valence-corrected chi connectivity index (χ4v) is 2.77. The molecule has 2 aromatic carbocycles. The molecular weight excluding hydrogens is 374 g/mol. The molecule has 142 valence electrons. The van der Waals surface area contributed by atoms with Gasteiger partial charge in [-0.1, -0.05) is 12.1 Å². The summed E-state index contributed by atoms with van der Waals surface area (Å²) in [5, 5.41) is 2.54. The quantitative estimate of drug-likeness (QED) is 0.549. The van der Waals surface area contributed by atoms with Crippen LogP contribution >= 0.6 is 0 Å². The van der Waals surface area contributed by atoms with Crippen LogP contribution < -0.4 is 5.32 Å². The molecule has 4 rings (SSSR count). The van der Waals surface area contributed by atoms with Crippen LogP contribution in [0, 0.1) is 11.6 Å². The molecule has 2 heterocycles. The number of para-hydroxylation sites is 1. The van der Waals surface area contributed by atoms with E-state index in [9.17, 15) is 13.6 Å². The van der Waals surface area contributed by atoms with Gasteiger partial charge in [0.15, 0.2) is 5.82 Å². The van der Waals surface area contributed by atoms with Crippen LogP contribution in [0.3, 0.4) is 0 Å². The van der Waals surface area contributed by atoms with Gasteiger partial charge in [0, 0.05) is 29.7 Å². The molecule has 0 saturated heterocycles. The number of nitrogens with zero attached hydrogens (tertiary/aromatic N) is 3. The summed E-state index contributed by atoms with van der Waals surface area (Å²) in [7, 11) is 0.